The summed E-state index contributed by atoms with van der Waals surface area (Å²) in [6, 6.07) is 8.81. The van der Waals surface area contributed by atoms with E-state index < -0.39 is 0 Å². The Bertz CT molecular complexity index is 697. The number of ether oxygens (including phenoxy) is 1. The highest BCUT2D eigenvalue weighted by Gasteiger charge is 2.15. The molecule has 20 heavy (non-hydrogen) atoms. The maximum Gasteiger partial charge on any atom is 0.338 e. The molecule has 0 aliphatic carbocycles. The first-order valence-corrected chi connectivity index (χ1v) is 7.12. The van der Waals surface area contributed by atoms with E-state index in [1.165, 1.54) is 0 Å². The van der Waals surface area contributed by atoms with E-state index in [0.717, 1.165) is 23.5 Å². The number of carbonyl (C=O) groups excluding carboxylic acids is 1. The third-order valence-corrected chi connectivity index (χ3v) is 3.55. The van der Waals surface area contributed by atoms with Crippen molar-refractivity contribution in [3.8, 4) is 11.4 Å². The third kappa shape index (κ3) is 2.70. The molecule has 0 radical (unpaired) electrons. The van der Waals surface area contributed by atoms with Crippen molar-refractivity contribution >= 4 is 29.4 Å². The molecular formula is C12H8N4O2S2. The van der Waals surface area contributed by atoms with Gasteiger partial charge in [0.15, 0.2) is 0 Å². The highest BCUT2D eigenvalue weighted by atomic mass is 32.1. The summed E-state index contributed by atoms with van der Waals surface area (Å²) < 4.78 is 21.5. The standard InChI is InChI=1S/C12H8N4O2S2/c17-12(8-4-2-1-3-5-8)18-7-10-11(16-20-15-10)9-6-13-19-14-9/h1-6H,7H2. The molecule has 100 valence electrons. The summed E-state index contributed by atoms with van der Waals surface area (Å²) in [5.41, 5.74) is 2.36. The molecule has 0 aliphatic heterocycles. The molecule has 1 aromatic carbocycles. The van der Waals surface area contributed by atoms with E-state index in [1.807, 2.05) is 6.07 Å². The van der Waals surface area contributed by atoms with Gasteiger partial charge < -0.3 is 4.74 Å². The predicted molar refractivity (Wildman–Crippen MR) is 74.4 cm³/mol. The van der Waals surface area contributed by atoms with E-state index in [-0.39, 0.29) is 12.6 Å². The third-order valence-electron chi connectivity index (χ3n) is 2.51. The molecule has 0 unspecified atom stereocenters. The van der Waals surface area contributed by atoms with E-state index in [1.54, 1.807) is 30.5 Å². The molecule has 0 bridgehead atoms. The maximum absolute atomic E-state index is 11.8. The lowest BCUT2D eigenvalue weighted by atomic mass is 10.2. The molecular weight excluding hydrogens is 296 g/mol. The minimum Gasteiger partial charge on any atom is -0.455 e. The molecule has 2 heterocycles. The average molecular weight is 304 g/mol. The molecule has 0 aliphatic rings. The van der Waals surface area contributed by atoms with Crippen molar-refractivity contribution in [2.75, 3.05) is 0 Å². The van der Waals surface area contributed by atoms with Crippen LogP contribution >= 0.6 is 23.5 Å². The lowest BCUT2D eigenvalue weighted by molar-refractivity contribution is 0.0469. The van der Waals surface area contributed by atoms with Crippen molar-refractivity contribution < 1.29 is 9.53 Å². The van der Waals surface area contributed by atoms with Crippen molar-refractivity contribution in [2.45, 2.75) is 6.61 Å². The molecule has 3 aromatic rings. The zero-order valence-electron chi connectivity index (χ0n) is 10.1. The van der Waals surface area contributed by atoms with Crippen molar-refractivity contribution in [1.82, 2.24) is 17.5 Å². The quantitative estimate of drug-likeness (QED) is 0.689. The first kappa shape index (κ1) is 12.8. The SMILES string of the molecule is O=C(OCc1nsnc1-c1cnsn1)c1ccccc1. The topological polar surface area (TPSA) is 77.9 Å². The largest absolute Gasteiger partial charge is 0.455 e. The fourth-order valence-electron chi connectivity index (χ4n) is 1.56. The van der Waals surface area contributed by atoms with Gasteiger partial charge in [0.05, 0.1) is 35.2 Å². The second-order valence-corrected chi connectivity index (χ2v) is 4.88. The number of carbonyl (C=O) groups is 1. The van der Waals surface area contributed by atoms with E-state index in [4.69, 9.17) is 4.74 Å². The van der Waals surface area contributed by atoms with E-state index in [2.05, 4.69) is 17.5 Å². The fraction of sp³-hybridized carbons (Fsp3) is 0.0833. The molecule has 6 nitrogen and oxygen atoms in total. The number of aromatic nitrogens is 4. The van der Waals surface area contributed by atoms with E-state index in [9.17, 15) is 4.79 Å². The average Bonchev–Trinajstić information content (AvgIpc) is 3.16. The normalized spacial score (nSPS) is 10.4. The Balaban J connectivity index is 1.71. The number of hydrogen-bond acceptors (Lipinski definition) is 8. The van der Waals surface area contributed by atoms with Crippen LogP contribution in [0.4, 0.5) is 0 Å². The van der Waals surface area contributed by atoms with Crippen LogP contribution in [0.25, 0.3) is 11.4 Å². The van der Waals surface area contributed by atoms with Gasteiger partial charge in [-0.25, -0.2) is 4.79 Å². The number of nitrogens with zero attached hydrogens (tertiary/aromatic N) is 4. The first-order chi connectivity index (χ1) is 9.84. The van der Waals surface area contributed by atoms with Gasteiger partial charge >= 0.3 is 5.97 Å². The number of benzene rings is 1. The van der Waals surface area contributed by atoms with Crippen LogP contribution in [-0.2, 0) is 11.3 Å². The van der Waals surface area contributed by atoms with E-state index in [0.29, 0.717) is 22.6 Å². The molecule has 0 atom stereocenters. The van der Waals surface area contributed by atoms with Gasteiger partial charge in [0, 0.05) is 0 Å². The Hall–Kier alpha value is -2.19. The summed E-state index contributed by atoms with van der Waals surface area (Å²) in [6.07, 6.45) is 1.61. The van der Waals surface area contributed by atoms with Crippen LogP contribution in [0.5, 0.6) is 0 Å². The molecule has 3 rings (SSSR count). The Morgan fingerprint density at radius 3 is 2.70 bits per heavy atom. The lowest BCUT2D eigenvalue weighted by Crippen LogP contribution is -2.05. The molecule has 2 aromatic heterocycles. The van der Waals surface area contributed by atoms with Crippen LogP contribution in [0.3, 0.4) is 0 Å². The Labute approximate surface area is 122 Å². The Morgan fingerprint density at radius 1 is 1.10 bits per heavy atom. The van der Waals surface area contributed by atoms with Gasteiger partial charge in [-0.15, -0.1) is 0 Å². The van der Waals surface area contributed by atoms with Gasteiger partial charge in [-0.3, -0.25) is 0 Å². The van der Waals surface area contributed by atoms with Gasteiger partial charge in [-0.05, 0) is 12.1 Å². The second kappa shape index (κ2) is 5.85. The van der Waals surface area contributed by atoms with Crippen LogP contribution in [-0.4, -0.2) is 23.5 Å². The number of rotatable bonds is 4. The highest BCUT2D eigenvalue weighted by Crippen LogP contribution is 2.20. The van der Waals surface area contributed by atoms with Crippen LogP contribution in [0, 0.1) is 0 Å². The number of hydrogen-bond donors (Lipinski definition) is 0. The second-order valence-electron chi connectivity index (χ2n) is 3.79. The fourth-order valence-corrected chi connectivity index (χ4v) is 2.53. The zero-order valence-corrected chi connectivity index (χ0v) is 11.7. The summed E-state index contributed by atoms with van der Waals surface area (Å²) >= 11 is 2.15. The first-order valence-electron chi connectivity index (χ1n) is 5.66. The summed E-state index contributed by atoms with van der Waals surface area (Å²) in [7, 11) is 0. The van der Waals surface area contributed by atoms with Crippen LogP contribution in [0.2, 0.25) is 0 Å². The Morgan fingerprint density at radius 2 is 1.95 bits per heavy atom. The number of esters is 1. The minimum absolute atomic E-state index is 0.0666. The van der Waals surface area contributed by atoms with Crippen LogP contribution in [0.15, 0.2) is 36.5 Å². The summed E-state index contributed by atoms with van der Waals surface area (Å²) in [5.74, 6) is -0.388. The Kier molecular flexibility index (Phi) is 3.75. The molecule has 0 fully saturated rings. The molecule has 0 N–H and O–H groups in total. The van der Waals surface area contributed by atoms with Crippen molar-refractivity contribution in [2.24, 2.45) is 0 Å². The van der Waals surface area contributed by atoms with Crippen molar-refractivity contribution in [3.63, 3.8) is 0 Å². The van der Waals surface area contributed by atoms with Crippen LogP contribution in [0.1, 0.15) is 16.1 Å². The molecule has 0 saturated heterocycles. The molecule has 0 spiro atoms. The predicted octanol–water partition coefficient (Wildman–Crippen LogP) is 2.41. The highest BCUT2D eigenvalue weighted by molar-refractivity contribution is 7.00. The minimum atomic E-state index is -0.388. The zero-order chi connectivity index (χ0) is 13.8. The summed E-state index contributed by atoms with van der Waals surface area (Å²) in [5, 5.41) is 0. The van der Waals surface area contributed by atoms with Gasteiger partial charge in [0.1, 0.15) is 23.7 Å². The van der Waals surface area contributed by atoms with Crippen LogP contribution < -0.4 is 0 Å². The summed E-state index contributed by atoms with van der Waals surface area (Å²) in [6.45, 7) is 0.0666. The molecule has 0 saturated carbocycles. The molecule has 0 amide bonds. The lowest BCUT2D eigenvalue weighted by Gasteiger charge is -2.03. The van der Waals surface area contributed by atoms with Crippen molar-refractivity contribution in [1.29, 1.82) is 0 Å². The monoisotopic (exact) mass is 304 g/mol. The van der Waals surface area contributed by atoms with Gasteiger partial charge in [-0.1, -0.05) is 18.2 Å². The smallest absolute Gasteiger partial charge is 0.338 e. The maximum atomic E-state index is 11.8. The van der Waals surface area contributed by atoms with Gasteiger partial charge in [0.2, 0.25) is 0 Å². The molecule has 8 heteroatoms. The van der Waals surface area contributed by atoms with Crippen molar-refractivity contribution in [3.05, 3.63) is 47.8 Å². The van der Waals surface area contributed by atoms with Gasteiger partial charge in [-0.2, -0.15) is 17.5 Å². The van der Waals surface area contributed by atoms with E-state index >= 15 is 0 Å². The summed E-state index contributed by atoms with van der Waals surface area (Å²) in [4.78, 5) is 11.8. The van der Waals surface area contributed by atoms with Gasteiger partial charge in [0.25, 0.3) is 0 Å².